The molecule has 0 aliphatic rings. The Morgan fingerprint density at radius 1 is 1.05 bits per heavy atom. The van der Waals surface area contributed by atoms with Crippen LogP contribution in [0, 0.1) is 0 Å². The highest BCUT2D eigenvalue weighted by molar-refractivity contribution is 7.89. The van der Waals surface area contributed by atoms with Crippen LogP contribution in [0.3, 0.4) is 0 Å². The molecule has 0 spiro atoms. The summed E-state index contributed by atoms with van der Waals surface area (Å²) in [6, 6.07) is 17.0. The van der Waals surface area contributed by atoms with E-state index in [1.165, 1.54) is 16.9 Å². The third-order valence-corrected chi connectivity index (χ3v) is 9.24. The smallest absolute Gasteiger partial charge is 0.303 e. The van der Waals surface area contributed by atoms with Gasteiger partial charge in [-0.25, -0.2) is 8.42 Å². The molecular formula is C32H43N3O5S. The summed E-state index contributed by atoms with van der Waals surface area (Å²) in [6.45, 7) is 6.35. The van der Waals surface area contributed by atoms with Crippen LogP contribution in [0.4, 0.5) is 0 Å². The van der Waals surface area contributed by atoms with E-state index in [-0.39, 0.29) is 29.9 Å². The summed E-state index contributed by atoms with van der Waals surface area (Å²) in [4.78, 5) is 15.2. The van der Waals surface area contributed by atoms with Crippen LogP contribution in [0.15, 0.2) is 71.9 Å². The Labute approximate surface area is 244 Å². The number of β-amino-alcohol motifs (C(OH)–C–C–N with tert-alkyl or cyclic N) is 1. The zero-order valence-electron chi connectivity index (χ0n) is 24.5. The van der Waals surface area contributed by atoms with Gasteiger partial charge in [0, 0.05) is 44.5 Å². The summed E-state index contributed by atoms with van der Waals surface area (Å²) in [5.41, 5.74) is 4.45. The Morgan fingerprint density at radius 2 is 1.76 bits per heavy atom. The first-order valence-electron chi connectivity index (χ1n) is 14.1. The molecule has 0 aliphatic heterocycles. The number of nitrogens with zero attached hydrogens (tertiary/aromatic N) is 2. The van der Waals surface area contributed by atoms with Crippen molar-refractivity contribution in [1.82, 2.24) is 14.6 Å². The average molecular weight is 582 g/mol. The van der Waals surface area contributed by atoms with Crippen LogP contribution >= 0.6 is 0 Å². The number of aliphatic hydroxyl groups is 1. The number of benzene rings is 2. The standard InChI is InChI=1S/C32H43N3O5S/c1-5-26-20-28(27-13-10-24(11-14-27)12-17-31(37)38)15-16-30(26)41(39,40)35(4)23-29(36)22-34-32(2,3)18-6-8-25-9-7-19-33-21-25/h7,9-11,13-16,19-21,29,34,36H,5-6,8,12,17-18,22-23H2,1-4H3,(H,37,38)/t29-/m1/s1. The molecule has 9 heteroatoms. The van der Waals surface area contributed by atoms with Crippen molar-refractivity contribution in [3.63, 3.8) is 0 Å². The number of carbonyl (C=O) groups is 1. The fourth-order valence-electron chi connectivity index (χ4n) is 4.79. The summed E-state index contributed by atoms with van der Waals surface area (Å²) >= 11 is 0. The molecule has 3 N–H and O–H groups in total. The second-order valence-corrected chi connectivity index (χ2v) is 13.2. The van der Waals surface area contributed by atoms with E-state index < -0.39 is 22.1 Å². The minimum absolute atomic E-state index is 0.0240. The van der Waals surface area contributed by atoms with Crippen molar-refractivity contribution in [3.8, 4) is 11.1 Å². The number of pyridine rings is 1. The number of carboxylic acids is 1. The molecule has 0 aliphatic carbocycles. The monoisotopic (exact) mass is 581 g/mol. The normalized spacial score (nSPS) is 12.9. The SMILES string of the molecule is CCc1cc(-c2ccc(CCC(=O)O)cc2)ccc1S(=O)(=O)N(C)C[C@H](O)CNC(C)(C)CCCc1cccnc1. The van der Waals surface area contributed by atoms with Crippen molar-refractivity contribution in [2.75, 3.05) is 20.1 Å². The average Bonchev–Trinajstić information content (AvgIpc) is 2.95. The first kappa shape index (κ1) is 32.4. The van der Waals surface area contributed by atoms with Crippen LogP contribution in [0.5, 0.6) is 0 Å². The maximum Gasteiger partial charge on any atom is 0.303 e. The highest BCUT2D eigenvalue weighted by Gasteiger charge is 2.26. The number of likely N-dealkylation sites (N-methyl/N-ethyl adjacent to an activating group) is 1. The molecule has 0 unspecified atom stereocenters. The van der Waals surface area contributed by atoms with Gasteiger partial charge in [-0.2, -0.15) is 4.31 Å². The van der Waals surface area contributed by atoms with Crippen LogP contribution < -0.4 is 5.32 Å². The first-order valence-corrected chi connectivity index (χ1v) is 15.6. The van der Waals surface area contributed by atoms with Gasteiger partial charge in [0.2, 0.25) is 10.0 Å². The summed E-state index contributed by atoms with van der Waals surface area (Å²) < 4.78 is 28.2. The van der Waals surface area contributed by atoms with Crippen molar-refractivity contribution in [2.24, 2.45) is 0 Å². The van der Waals surface area contributed by atoms with Crippen molar-refractivity contribution in [3.05, 3.63) is 83.7 Å². The lowest BCUT2D eigenvalue weighted by molar-refractivity contribution is -0.136. The molecule has 41 heavy (non-hydrogen) atoms. The molecule has 0 fully saturated rings. The van der Waals surface area contributed by atoms with Crippen LogP contribution in [-0.4, -0.2) is 65.7 Å². The maximum absolute atomic E-state index is 13.5. The van der Waals surface area contributed by atoms with E-state index in [1.807, 2.05) is 49.5 Å². The van der Waals surface area contributed by atoms with Gasteiger partial charge in [0.1, 0.15) is 0 Å². The number of rotatable bonds is 16. The topological polar surface area (TPSA) is 120 Å². The molecule has 8 nitrogen and oxygen atoms in total. The number of aromatic nitrogens is 1. The molecular weight excluding hydrogens is 538 g/mol. The number of aryl methyl sites for hydroxylation is 3. The molecule has 2 aromatic carbocycles. The Kier molecular flexibility index (Phi) is 11.6. The van der Waals surface area contributed by atoms with E-state index in [2.05, 4.69) is 30.2 Å². The molecule has 222 valence electrons. The van der Waals surface area contributed by atoms with Gasteiger partial charge in [-0.3, -0.25) is 9.78 Å². The van der Waals surface area contributed by atoms with E-state index in [0.717, 1.165) is 36.0 Å². The molecule has 1 atom stereocenters. The number of nitrogens with one attached hydrogen (secondary N) is 1. The molecule has 0 radical (unpaired) electrons. The Morgan fingerprint density at radius 3 is 2.39 bits per heavy atom. The third kappa shape index (κ3) is 9.74. The second-order valence-electron chi connectivity index (χ2n) is 11.2. The number of hydrogen-bond acceptors (Lipinski definition) is 6. The second kappa shape index (κ2) is 14.7. The Hall–Kier alpha value is -3.11. The van der Waals surface area contributed by atoms with E-state index in [0.29, 0.717) is 18.4 Å². The van der Waals surface area contributed by atoms with Gasteiger partial charge < -0.3 is 15.5 Å². The number of sulfonamides is 1. The fraction of sp³-hybridized carbons (Fsp3) is 0.438. The lowest BCUT2D eigenvalue weighted by atomic mass is 9.95. The van der Waals surface area contributed by atoms with E-state index >= 15 is 0 Å². The first-order chi connectivity index (χ1) is 19.4. The third-order valence-electron chi connectivity index (χ3n) is 7.32. The Bertz CT molecular complexity index is 1380. The molecule has 0 bridgehead atoms. The van der Waals surface area contributed by atoms with Crippen LogP contribution in [0.25, 0.3) is 11.1 Å². The largest absolute Gasteiger partial charge is 0.481 e. The fourth-order valence-corrected chi connectivity index (χ4v) is 6.27. The molecule has 1 aromatic heterocycles. The molecule has 0 saturated carbocycles. The van der Waals surface area contributed by atoms with Crippen molar-refractivity contribution in [1.29, 1.82) is 0 Å². The zero-order chi connectivity index (χ0) is 30.0. The van der Waals surface area contributed by atoms with Gasteiger partial charge in [0.05, 0.1) is 11.0 Å². The summed E-state index contributed by atoms with van der Waals surface area (Å²) in [7, 11) is -2.31. The van der Waals surface area contributed by atoms with Gasteiger partial charge in [0.15, 0.2) is 0 Å². The Balaban J connectivity index is 1.59. The van der Waals surface area contributed by atoms with Crippen molar-refractivity contribution >= 4 is 16.0 Å². The lowest BCUT2D eigenvalue weighted by Gasteiger charge is -2.29. The van der Waals surface area contributed by atoms with E-state index in [1.54, 1.807) is 18.3 Å². The van der Waals surface area contributed by atoms with Gasteiger partial charge in [0.25, 0.3) is 0 Å². The maximum atomic E-state index is 13.5. The molecule has 1 heterocycles. The van der Waals surface area contributed by atoms with Gasteiger partial charge in [-0.15, -0.1) is 0 Å². The van der Waals surface area contributed by atoms with Gasteiger partial charge in [-0.1, -0.05) is 43.3 Å². The highest BCUT2D eigenvalue weighted by atomic mass is 32.2. The predicted molar refractivity (Wildman–Crippen MR) is 162 cm³/mol. The summed E-state index contributed by atoms with van der Waals surface area (Å²) in [5, 5.41) is 23.0. The zero-order valence-corrected chi connectivity index (χ0v) is 25.3. The number of aliphatic carboxylic acids is 1. The van der Waals surface area contributed by atoms with Gasteiger partial charge in [-0.05, 0) is 92.0 Å². The highest BCUT2D eigenvalue weighted by Crippen LogP contribution is 2.28. The van der Waals surface area contributed by atoms with Crippen LogP contribution in [0.2, 0.25) is 0 Å². The van der Waals surface area contributed by atoms with Crippen molar-refractivity contribution in [2.45, 2.75) is 75.8 Å². The molecule has 0 amide bonds. The van der Waals surface area contributed by atoms with Crippen molar-refractivity contribution < 1.29 is 23.4 Å². The van der Waals surface area contributed by atoms with Crippen LogP contribution in [0.1, 0.15) is 56.7 Å². The summed E-state index contributed by atoms with van der Waals surface area (Å²) in [5.74, 6) is -0.830. The van der Waals surface area contributed by atoms with Gasteiger partial charge >= 0.3 is 5.97 Å². The minimum Gasteiger partial charge on any atom is -0.481 e. The minimum atomic E-state index is -3.81. The summed E-state index contributed by atoms with van der Waals surface area (Å²) in [6.07, 6.45) is 6.65. The number of carboxylic acid groups (broad SMARTS) is 1. The lowest BCUT2D eigenvalue weighted by Crippen LogP contribution is -2.46. The number of aliphatic hydroxyl groups excluding tert-OH is 1. The van der Waals surface area contributed by atoms with E-state index in [4.69, 9.17) is 5.11 Å². The molecule has 3 aromatic rings. The molecule has 3 rings (SSSR count). The quantitative estimate of drug-likeness (QED) is 0.224. The number of hydrogen-bond donors (Lipinski definition) is 3. The van der Waals surface area contributed by atoms with E-state index in [9.17, 15) is 18.3 Å². The molecule has 0 saturated heterocycles. The van der Waals surface area contributed by atoms with Crippen LogP contribution in [-0.2, 0) is 34.1 Å². The predicted octanol–water partition coefficient (Wildman–Crippen LogP) is 4.70.